The second-order valence-electron chi connectivity index (χ2n) is 7.15. The van der Waals surface area contributed by atoms with E-state index in [0.717, 1.165) is 30.9 Å². The summed E-state index contributed by atoms with van der Waals surface area (Å²) in [6.45, 7) is 0.414. The molecule has 1 aromatic rings. The Kier molecular flexibility index (Phi) is 15.1. The number of thiophene rings is 1. The molecule has 2 nitrogen and oxygen atoms in total. The number of halogens is 3. The van der Waals surface area contributed by atoms with E-state index in [1.54, 1.807) is 11.3 Å². The summed E-state index contributed by atoms with van der Waals surface area (Å²) in [5.74, 6) is -0.0719. The Morgan fingerprint density at radius 2 is 1.37 bits per heavy atom. The van der Waals surface area contributed by atoms with Crippen molar-refractivity contribution in [3.05, 3.63) is 22.4 Å². The van der Waals surface area contributed by atoms with Gasteiger partial charge in [0.2, 0.25) is 0 Å². The maximum absolute atomic E-state index is 11.7. The Hall–Kier alpha value is 0.257. The van der Waals surface area contributed by atoms with Crippen LogP contribution in [0.2, 0.25) is 6.04 Å². The van der Waals surface area contributed by atoms with Gasteiger partial charge in [-0.25, -0.2) is 0 Å². The van der Waals surface area contributed by atoms with Crippen molar-refractivity contribution in [3.8, 4) is 0 Å². The van der Waals surface area contributed by atoms with E-state index in [9.17, 15) is 4.79 Å². The highest BCUT2D eigenvalue weighted by molar-refractivity contribution is 7.64. The number of carbonyl (C=O) groups excluding carboxylic acids is 1. The minimum atomic E-state index is -2.39. The lowest BCUT2D eigenvalue weighted by atomic mass is 10.0. The second kappa shape index (κ2) is 16.1. The molecule has 1 rings (SSSR count). The smallest absolute Gasteiger partial charge is 0.341 e. The third-order valence-corrected chi connectivity index (χ3v) is 7.92. The van der Waals surface area contributed by atoms with E-state index in [0.29, 0.717) is 13.0 Å². The van der Waals surface area contributed by atoms with E-state index in [4.69, 9.17) is 38.0 Å². The lowest BCUT2D eigenvalue weighted by molar-refractivity contribution is -0.145. The van der Waals surface area contributed by atoms with E-state index in [2.05, 4.69) is 0 Å². The Balaban J connectivity index is 1.76. The van der Waals surface area contributed by atoms with Gasteiger partial charge >= 0.3 is 12.0 Å². The van der Waals surface area contributed by atoms with E-state index < -0.39 is 6.00 Å². The molecule has 0 aromatic carbocycles. The van der Waals surface area contributed by atoms with Crippen molar-refractivity contribution in [2.45, 2.75) is 96.1 Å². The summed E-state index contributed by atoms with van der Waals surface area (Å²) < 4.78 is 5.26. The largest absolute Gasteiger partial charge is 0.461 e. The minimum Gasteiger partial charge on any atom is -0.461 e. The molecule has 0 radical (unpaired) electrons. The van der Waals surface area contributed by atoms with Crippen molar-refractivity contribution in [3.63, 3.8) is 0 Å². The van der Waals surface area contributed by atoms with Gasteiger partial charge in [-0.1, -0.05) is 70.6 Å². The van der Waals surface area contributed by atoms with Gasteiger partial charge in [-0.2, -0.15) is 11.3 Å². The van der Waals surface area contributed by atoms with Crippen LogP contribution in [-0.4, -0.2) is 12.0 Å². The van der Waals surface area contributed by atoms with Crippen LogP contribution in [0.5, 0.6) is 0 Å². The first kappa shape index (κ1) is 25.3. The number of ether oxygens (including phenoxy) is 1. The molecule has 0 aliphatic rings. The molecule has 0 unspecified atom stereocenters. The first-order chi connectivity index (χ1) is 13.0. The van der Waals surface area contributed by atoms with Crippen LogP contribution in [0.4, 0.5) is 0 Å². The van der Waals surface area contributed by atoms with Crippen molar-refractivity contribution < 1.29 is 9.53 Å². The van der Waals surface area contributed by atoms with Gasteiger partial charge in [0.05, 0.1) is 0 Å². The molecule has 1 aromatic heterocycles. The standard InChI is InChI=1S/C20H33Cl3O2SSi/c21-27(22,23)16-12-10-8-6-4-2-1-3-5-7-9-11-13-20(24)25-17-19-14-15-26-18-19/h14-15,18H,1-13,16-17H2. The van der Waals surface area contributed by atoms with Gasteiger partial charge < -0.3 is 4.74 Å². The summed E-state index contributed by atoms with van der Waals surface area (Å²) in [7, 11) is 0. The van der Waals surface area contributed by atoms with Crippen LogP contribution >= 0.6 is 44.6 Å². The van der Waals surface area contributed by atoms with Gasteiger partial charge in [-0.15, -0.1) is 33.2 Å². The number of esters is 1. The lowest BCUT2D eigenvalue weighted by Crippen LogP contribution is -2.07. The first-order valence-electron chi connectivity index (χ1n) is 10.2. The normalized spacial score (nSPS) is 11.7. The van der Waals surface area contributed by atoms with Gasteiger partial charge in [0.25, 0.3) is 0 Å². The van der Waals surface area contributed by atoms with Crippen molar-refractivity contribution in [1.82, 2.24) is 0 Å². The van der Waals surface area contributed by atoms with Crippen molar-refractivity contribution in [1.29, 1.82) is 0 Å². The molecule has 156 valence electrons. The molecule has 0 saturated heterocycles. The fourth-order valence-electron chi connectivity index (χ4n) is 2.97. The Bertz CT molecular complexity index is 478. The molecule has 0 atom stereocenters. The molecule has 27 heavy (non-hydrogen) atoms. The fraction of sp³-hybridized carbons (Fsp3) is 0.750. The van der Waals surface area contributed by atoms with E-state index in [-0.39, 0.29) is 5.97 Å². The highest BCUT2D eigenvalue weighted by Gasteiger charge is 2.23. The molecule has 7 heteroatoms. The van der Waals surface area contributed by atoms with E-state index in [1.807, 2.05) is 16.8 Å². The zero-order valence-electron chi connectivity index (χ0n) is 16.2. The van der Waals surface area contributed by atoms with Crippen LogP contribution < -0.4 is 0 Å². The molecule has 1 heterocycles. The summed E-state index contributed by atoms with van der Waals surface area (Å²) in [5, 5.41) is 4.01. The van der Waals surface area contributed by atoms with Crippen LogP contribution in [0.25, 0.3) is 0 Å². The van der Waals surface area contributed by atoms with Crippen LogP contribution in [-0.2, 0) is 16.1 Å². The zero-order chi connectivity index (χ0) is 19.8. The van der Waals surface area contributed by atoms with Crippen LogP contribution in [0.15, 0.2) is 16.8 Å². The Morgan fingerprint density at radius 3 is 1.85 bits per heavy atom. The molecular weight excluding hydrogens is 439 g/mol. The molecule has 0 bridgehead atoms. The zero-order valence-corrected chi connectivity index (χ0v) is 20.3. The maximum atomic E-state index is 11.7. The molecule has 0 aliphatic carbocycles. The SMILES string of the molecule is O=C(CCCCCCCCCCCCCC[Si](Cl)(Cl)Cl)OCc1ccsc1. The van der Waals surface area contributed by atoms with Gasteiger partial charge in [-0.05, 0) is 29.3 Å². The number of hydrogen-bond donors (Lipinski definition) is 0. The number of hydrogen-bond acceptors (Lipinski definition) is 3. The Morgan fingerprint density at radius 1 is 0.852 bits per heavy atom. The third kappa shape index (κ3) is 16.9. The maximum Gasteiger partial charge on any atom is 0.341 e. The number of rotatable bonds is 17. The van der Waals surface area contributed by atoms with Crippen LogP contribution in [0, 0.1) is 0 Å². The third-order valence-electron chi connectivity index (χ3n) is 4.57. The number of unbranched alkanes of at least 4 members (excludes halogenated alkanes) is 11. The van der Waals surface area contributed by atoms with Crippen LogP contribution in [0.3, 0.4) is 0 Å². The first-order valence-corrected chi connectivity index (χ1v) is 16.4. The quantitative estimate of drug-likeness (QED) is 0.0984. The summed E-state index contributed by atoms with van der Waals surface area (Å²) in [5.41, 5.74) is 1.08. The van der Waals surface area contributed by atoms with Gasteiger partial charge in [0.15, 0.2) is 0 Å². The molecule has 0 N–H and O–H groups in total. The fourth-order valence-corrected chi connectivity index (χ4v) is 5.48. The number of carbonyl (C=O) groups is 1. The summed E-state index contributed by atoms with van der Waals surface area (Å²) >= 11 is 19.2. The molecule has 0 spiro atoms. The predicted molar refractivity (Wildman–Crippen MR) is 122 cm³/mol. The highest BCUT2D eigenvalue weighted by Crippen LogP contribution is 2.27. The molecule has 0 saturated carbocycles. The van der Waals surface area contributed by atoms with Gasteiger partial charge in [0.1, 0.15) is 6.61 Å². The predicted octanol–water partition coefficient (Wildman–Crippen LogP) is 8.52. The van der Waals surface area contributed by atoms with Crippen LogP contribution in [0.1, 0.15) is 89.0 Å². The molecule has 0 amide bonds. The summed E-state index contributed by atoms with van der Waals surface area (Å²) in [6, 6.07) is 0.399. The average Bonchev–Trinajstić information content (AvgIpc) is 3.13. The van der Waals surface area contributed by atoms with Crippen molar-refractivity contribution in [2.24, 2.45) is 0 Å². The second-order valence-corrected chi connectivity index (χ2v) is 17.2. The molecular formula is C20H33Cl3O2SSi. The molecule has 0 aliphatic heterocycles. The monoisotopic (exact) mass is 470 g/mol. The van der Waals surface area contributed by atoms with Crippen molar-refractivity contribution in [2.75, 3.05) is 0 Å². The highest BCUT2D eigenvalue weighted by atomic mass is 35.8. The summed E-state index contributed by atoms with van der Waals surface area (Å²) in [4.78, 5) is 11.7. The Labute approximate surface area is 184 Å². The van der Waals surface area contributed by atoms with E-state index in [1.165, 1.54) is 57.8 Å². The molecule has 0 fully saturated rings. The van der Waals surface area contributed by atoms with Crippen molar-refractivity contribution >= 4 is 56.5 Å². The topological polar surface area (TPSA) is 26.3 Å². The minimum absolute atomic E-state index is 0.0719. The summed E-state index contributed by atoms with van der Waals surface area (Å²) in [6.07, 6.45) is 15.2. The average molecular weight is 472 g/mol. The van der Waals surface area contributed by atoms with E-state index >= 15 is 0 Å². The lowest BCUT2D eigenvalue weighted by Gasteiger charge is -2.07. The van der Waals surface area contributed by atoms with Gasteiger partial charge in [0, 0.05) is 12.0 Å². The van der Waals surface area contributed by atoms with Gasteiger partial charge in [-0.3, -0.25) is 4.79 Å².